The molecule has 2 rings (SSSR count). The Kier molecular flexibility index (Phi) is 6.20. The second-order valence-corrected chi connectivity index (χ2v) is 7.60. The largest absolute Gasteiger partial charge is 0.469 e. The summed E-state index contributed by atoms with van der Waals surface area (Å²) in [6, 6.07) is 6.28. The number of amides is 1. The van der Waals surface area contributed by atoms with Gasteiger partial charge in [0.05, 0.1) is 18.6 Å². The van der Waals surface area contributed by atoms with Crippen molar-refractivity contribution in [1.82, 2.24) is 9.21 Å². The van der Waals surface area contributed by atoms with E-state index in [4.69, 9.17) is 11.6 Å². The molecule has 0 radical (unpaired) electrons. The van der Waals surface area contributed by atoms with Crippen LogP contribution in [0.3, 0.4) is 0 Å². The maximum Gasteiger partial charge on any atom is 0.306 e. The molecular weight excluding hydrogens is 356 g/mol. The molecule has 7 nitrogen and oxygen atoms in total. The third kappa shape index (κ3) is 4.25. The molecule has 0 unspecified atom stereocenters. The summed E-state index contributed by atoms with van der Waals surface area (Å²) in [5.74, 6) is -0.626. The zero-order valence-electron chi connectivity index (χ0n) is 13.3. The molecule has 1 aliphatic rings. The summed E-state index contributed by atoms with van der Waals surface area (Å²) in [4.78, 5) is 24.7. The molecule has 1 aromatic carbocycles. The van der Waals surface area contributed by atoms with Crippen molar-refractivity contribution in [3.8, 4) is 0 Å². The molecule has 0 atom stereocenters. The van der Waals surface area contributed by atoms with Gasteiger partial charge in [0.15, 0.2) is 0 Å². The molecule has 0 spiro atoms. The molecule has 0 saturated carbocycles. The first-order valence-electron chi connectivity index (χ1n) is 7.45. The van der Waals surface area contributed by atoms with Crippen LogP contribution < -0.4 is 0 Å². The molecule has 0 N–H and O–H groups in total. The number of carbonyl (C=O) groups is 2. The summed E-state index contributed by atoms with van der Waals surface area (Å²) < 4.78 is 31.0. The Bertz CT molecular complexity index is 714. The van der Waals surface area contributed by atoms with Crippen LogP contribution in [0.1, 0.15) is 12.8 Å². The first-order valence-corrected chi connectivity index (χ1v) is 9.27. The molecule has 0 bridgehead atoms. The summed E-state index contributed by atoms with van der Waals surface area (Å²) >= 11 is 5.98. The monoisotopic (exact) mass is 374 g/mol. The SMILES string of the molecule is COC(=O)CCC(=O)N1CCN(S(=O)(=O)c2ccccc2Cl)CC1. The second-order valence-electron chi connectivity index (χ2n) is 5.29. The fourth-order valence-corrected chi connectivity index (χ4v) is 4.36. The highest BCUT2D eigenvalue weighted by atomic mass is 35.5. The van der Waals surface area contributed by atoms with Gasteiger partial charge in [0.1, 0.15) is 4.90 Å². The summed E-state index contributed by atoms with van der Waals surface area (Å²) in [5, 5.41) is 0.175. The number of hydrogen-bond donors (Lipinski definition) is 0. The Hall–Kier alpha value is -1.64. The third-order valence-corrected chi connectivity index (χ3v) is 6.21. The molecule has 1 fully saturated rings. The van der Waals surface area contributed by atoms with E-state index in [9.17, 15) is 18.0 Å². The predicted octanol–water partition coefficient (Wildman–Crippen LogP) is 1.13. The van der Waals surface area contributed by atoms with Crippen LogP contribution in [0.4, 0.5) is 0 Å². The van der Waals surface area contributed by atoms with E-state index in [1.54, 1.807) is 17.0 Å². The molecular formula is C15H19ClN2O5S. The van der Waals surface area contributed by atoms with Crippen molar-refractivity contribution >= 4 is 33.5 Å². The fraction of sp³-hybridized carbons (Fsp3) is 0.467. The van der Waals surface area contributed by atoms with Crippen LogP contribution >= 0.6 is 11.6 Å². The molecule has 1 aromatic rings. The van der Waals surface area contributed by atoms with Crippen LogP contribution in [0, 0.1) is 0 Å². The zero-order chi connectivity index (χ0) is 17.7. The van der Waals surface area contributed by atoms with Gasteiger partial charge < -0.3 is 9.64 Å². The molecule has 0 aromatic heterocycles. The van der Waals surface area contributed by atoms with E-state index in [1.807, 2.05) is 0 Å². The van der Waals surface area contributed by atoms with Crippen molar-refractivity contribution < 1.29 is 22.7 Å². The lowest BCUT2D eigenvalue weighted by molar-refractivity contribution is -0.143. The maximum atomic E-state index is 12.6. The first-order chi connectivity index (χ1) is 11.4. The molecule has 9 heteroatoms. The zero-order valence-corrected chi connectivity index (χ0v) is 14.8. The van der Waals surface area contributed by atoms with E-state index in [-0.39, 0.29) is 54.8 Å². The average Bonchev–Trinajstić information content (AvgIpc) is 2.59. The van der Waals surface area contributed by atoms with Gasteiger partial charge in [0.2, 0.25) is 15.9 Å². The average molecular weight is 375 g/mol. The number of halogens is 1. The second kappa shape index (κ2) is 7.96. The van der Waals surface area contributed by atoms with E-state index in [0.29, 0.717) is 0 Å². The minimum atomic E-state index is -3.68. The van der Waals surface area contributed by atoms with Gasteiger partial charge in [-0.25, -0.2) is 8.42 Å². The lowest BCUT2D eigenvalue weighted by Crippen LogP contribution is -2.50. The van der Waals surface area contributed by atoms with E-state index in [0.717, 1.165) is 0 Å². The summed E-state index contributed by atoms with van der Waals surface area (Å²) in [5.41, 5.74) is 0. The summed E-state index contributed by atoms with van der Waals surface area (Å²) in [6.45, 7) is 0.947. The minimum Gasteiger partial charge on any atom is -0.469 e. The normalized spacial score (nSPS) is 16.0. The molecule has 1 heterocycles. The van der Waals surface area contributed by atoms with E-state index >= 15 is 0 Å². The van der Waals surface area contributed by atoms with Gasteiger partial charge in [-0.2, -0.15) is 4.31 Å². The van der Waals surface area contributed by atoms with Crippen LogP contribution in [0.15, 0.2) is 29.2 Å². The van der Waals surface area contributed by atoms with Crippen molar-refractivity contribution in [3.63, 3.8) is 0 Å². The number of piperazine rings is 1. The number of esters is 1. The third-order valence-electron chi connectivity index (χ3n) is 3.82. The highest BCUT2D eigenvalue weighted by molar-refractivity contribution is 7.89. The number of sulfonamides is 1. The van der Waals surface area contributed by atoms with Gasteiger partial charge in [0, 0.05) is 32.6 Å². The Labute approximate surface area is 146 Å². The predicted molar refractivity (Wildman–Crippen MR) is 88.0 cm³/mol. The van der Waals surface area contributed by atoms with Crippen molar-refractivity contribution in [3.05, 3.63) is 29.3 Å². The quantitative estimate of drug-likeness (QED) is 0.721. The highest BCUT2D eigenvalue weighted by Gasteiger charge is 2.31. The number of nitrogens with zero attached hydrogens (tertiary/aromatic N) is 2. The number of benzene rings is 1. The summed E-state index contributed by atoms with van der Waals surface area (Å²) in [7, 11) is -2.41. The van der Waals surface area contributed by atoms with Gasteiger partial charge in [-0.1, -0.05) is 23.7 Å². The highest BCUT2D eigenvalue weighted by Crippen LogP contribution is 2.25. The lowest BCUT2D eigenvalue weighted by Gasteiger charge is -2.34. The van der Waals surface area contributed by atoms with E-state index in [2.05, 4.69) is 4.74 Å². The van der Waals surface area contributed by atoms with Gasteiger partial charge in [-0.3, -0.25) is 9.59 Å². The molecule has 0 aliphatic carbocycles. The van der Waals surface area contributed by atoms with E-state index in [1.165, 1.54) is 23.5 Å². The van der Waals surface area contributed by atoms with Crippen molar-refractivity contribution in [2.24, 2.45) is 0 Å². The smallest absolute Gasteiger partial charge is 0.306 e. The Balaban J connectivity index is 1.96. The van der Waals surface area contributed by atoms with Crippen molar-refractivity contribution in [2.45, 2.75) is 17.7 Å². The lowest BCUT2D eigenvalue weighted by atomic mass is 10.2. The van der Waals surface area contributed by atoms with Crippen LogP contribution in [-0.2, 0) is 24.3 Å². The van der Waals surface area contributed by atoms with Crippen LogP contribution in [0.25, 0.3) is 0 Å². The molecule has 24 heavy (non-hydrogen) atoms. The maximum absolute atomic E-state index is 12.6. The molecule has 1 saturated heterocycles. The fourth-order valence-electron chi connectivity index (χ4n) is 2.44. The molecule has 1 aliphatic heterocycles. The standard InChI is InChI=1S/C15H19ClN2O5S/c1-23-15(20)7-6-14(19)17-8-10-18(11-9-17)24(21,22)13-5-3-2-4-12(13)16/h2-5H,6-11H2,1H3. The van der Waals surface area contributed by atoms with Crippen LogP contribution in [-0.4, -0.2) is 62.8 Å². The van der Waals surface area contributed by atoms with Crippen LogP contribution in [0.2, 0.25) is 5.02 Å². The number of hydrogen-bond acceptors (Lipinski definition) is 5. The van der Waals surface area contributed by atoms with Crippen LogP contribution in [0.5, 0.6) is 0 Å². The molecule has 1 amide bonds. The van der Waals surface area contributed by atoms with Crippen molar-refractivity contribution in [1.29, 1.82) is 0 Å². The number of carbonyl (C=O) groups excluding carboxylic acids is 2. The Morgan fingerprint density at radius 1 is 1.12 bits per heavy atom. The number of methoxy groups -OCH3 is 1. The van der Waals surface area contributed by atoms with Gasteiger partial charge in [-0.05, 0) is 12.1 Å². The van der Waals surface area contributed by atoms with E-state index < -0.39 is 16.0 Å². The topological polar surface area (TPSA) is 84.0 Å². The molecule has 132 valence electrons. The summed E-state index contributed by atoms with van der Waals surface area (Å²) in [6.07, 6.45) is 0.0808. The Morgan fingerprint density at radius 3 is 2.33 bits per heavy atom. The first kappa shape index (κ1) is 18.7. The number of ether oxygens (including phenoxy) is 1. The van der Waals surface area contributed by atoms with Crippen molar-refractivity contribution in [2.75, 3.05) is 33.3 Å². The van der Waals surface area contributed by atoms with Gasteiger partial charge in [-0.15, -0.1) is 0 Å². The van der Waals surface area contributed by atoms with Gasteiger partial charge in [0.25, 0.3) is 0 Å². The number of rotatable bonds is 5. The Morgan fingerprint density at radius 2 is 1.75 bits per heavy atom. The minimum absolute atomic E-state index is 0.0213. The van der Waals surface area contributed by atoms with Gasteiger partial charge >= 0.3 is 5.97 Å².